The van der Waals surface area contributed by atoms with Crippen molar-refractivity contribution in [3.8, 4) is 0 Å². The molecule has 2 rings (SSSR count). The van der Waals surface area contributed by atoms with E-state index in [2.05, 4.69) is 61.3 Å². The topological polar surface area (TPSA) is 15.3 Å². The van der Waals surface area contributed by atoms with Crippen LogP contribution in [0.1, 0.15) is 38.8 Å². The van der Waals surface area contributed by atoms with Gasteiger partial charge in [0, 0.05) is 31.7 Å². The van der Waals surface area contributed by atoms with Gasteiger partial charge in [-0.1, -0.05) is 51.1 Å². The first-order valence-corrected chi connectivity index (χ1v) is 7.25. The maximum Gasteiger partial charge on any atom is 0.0349 e. The van der Waals surface area contributed by atoms with Crippen molar-refractivity contribution in [3.63, 3.8) is 0 Å². The van der Waals surface area contributed by atoms with Gasteiger partial charge < -0.3 is 5.32 Å². The molecule has 0 aliphatic carbocycles. The molecule has 1 saturated heterocycles. The highest BCUT2D eigenvalue weighted by molar-refractivity contribution is 5.19. The number of piperazine rings is 1. The van der Waals surface area contributed by atoms with Crippen molar-refractivity contribution in [2.24, 2.45) is 5.92 Å². The monoisotopic (exact) mass is 246 g/mol. The van der Waals surface area contributed by atoms with Crippen LogP contribution in [0, 0.1) is 5.92 Å². The summed E-state index contributed by atoms with van der Waals surface area (Å²) < 4.78 is 0. The lowest BCUT2D eigenvalue weighted by molar-refractivity contribution is 0.0741. The number of hydrogen-bond acceptors (Lipinski definition) is 2. The zero-order valence-corrected chi connectivity index (χ0v) is 11.9. The highest BCUT2D eigenvalue weighted by atomic mass is 15.2. The van der Waals surface area contributed by atoms with Gasteiger partial charge in [0.25, 0.3) is 0 Å². The first-order valence-electron chi connectivity index (χ1n) is 7.25. The van der Waals surface area contributed by atoms with Crippen molar-refractivity contribution < 1.29 is 0 Å². The molecule has 0 radical (unpaired) electrons. The molecule has 2 heteroatoms. The fourth-order valence-corrected chi connectivity index (χ4v) is 3.08. The van der Waals surface area contributed by atoms with Crippen molar-refractivity contribution >= 4 is 0 Å². The quantitative estimate of drug-likeness (QED) is 0.878. The van der Waals surface area contributed by atoms with E-state index in [-0.39, 0.29) is 0 Å². The molecule has 0 saturated carbocycles. The Morgan fingerprint density at radius 1 is 1.28 bits per heavy atom. The molecule has 1 aliphatic rings. The summed E-state index contributed by atoms with van der Waals surface area (Å²) in [6.45, 7) is 10.4. The molecule has 0 spiro atoms. The Morgan fingerprint density at radius 3 is 2.61 bits per heavy atom. The molecule has 1 N–H and O–H groups in total. The molecule has 18 heavy (non-hydrogen) atoms. The molecule has 1 aliphatic heterocycles. The maximum absolute atomic E-state index is 3.53. The van der Waals surface area contributed by atoms with Gasteiger partial charge in [-0.3, -0.25) is 4.90 Å². The smallest absolute Gasteiger partial charge is 0.0349 e. The fraction of sp³-hybridized carbons (Fsp3) is 0.625. The lowest BCUT2D eigenvalue weighted by Gasteiger charge is -2.43. The molecular weight excluding hydrogens is 220 g/mol. The summed E-state index contributed by atoms with van der Waals surface area (Å²) in [5, 5.41) is 3.53. The van der Waals surface area contributed by atoms with Crippen molar-refractivity contribution in [1.29, 1.82) is 0 Å². The molecule has 1 heterocycles. The largest absolute Gasteiger partial charge is 0.314 e. The molecule has 2 unspecified atom stereocenters. The summed E-state index contributed by atoms with van der Waals surface area (Å²) >= 11 is 0. The number of hydrogen-bond donors (Lipinski definition) is 1. The molecule has 0 aromatic heterocycles. The molecular formula is C16H26N2. The molecule has 100 valence electrons. The van der Waals surface area contributed by atoms with Crippen molar-refractivity contribution in [3.05, 3.63) is 35.9 Å². The summed E-state index contributed by atoms with van der Waals surface area (Å²) in [6, 6.07) is 12.2. The van der Waals surface area contributed by atoms with E-state index in [1.165, 1.54) is 12.0 Å². The highest BCUT2D eigenvalue weighted by Gasteiger charge is 2.30. The van der Waals surface area contributed by atoms with Gasteiger partial charge in [-0.05, 0) is 17.9 Å². The minimum atomic E-state index is 0.570. The van der Waals surface area contributed by atoms with Gasteiger partial charge in [0.1, 0.15) is 0 Å². The van der Waals surface area contributed by atoms with Crippen LogP contribution in [0.3, 0.4) is 0 Å². The average molecular weight is 246 g/mol. The Kier molecular flexibility index (Phi) is 4.79. The van der Waals surface area contributed by atoms with Gasteiger partial charge in [0.15, 0.2) is 0 Å². The minimum Gasteiger partial charge on any atom is -0.314 e. The highest BCUT2D eigenvalue weighted by Crippen LogP contribution is 2.29. The third-order valence-corrected chi connectivity index (χ3v) is 4.07. The normalized spacial score (nSPS) is 23.2. The van der Waals surface area contributed by atoms with Crippen molar-refractivity contribution in [2.75, 3.05) is 19.6 Å². The second-order valence-corrected chi connectivity index (χ2v) is 5.59. The third kappa shape index (κ3) is 2.93. The van der Waals surface area contributed by atoms with E-state index in [4.69, 9.17) is 0 Å². The number of rotatable bonds is 4. The van der Waals surface area contributed by atoms with Crippen LogP contribution in [0.5, 0.6) is 0 Å². The second-order valence-electron chi connectivity index (χ2n) is 5.59. The molecule has 2 atom stereocenters. The Labute approximate surface area is 111 Å². The predicted molar refractivity (Wildman–Crippen MR) is 77.7 cm³/mol. The van der Waals surface area contributed by atoms with Gasteiger partial charge in [0.2, 0.25) is 0 Å². The molecule has 2 nitrogen and oxygen atoms in total. The Bertz CT molecular complexity index is 347. The van der Waals surface area contributed by atoms with E-state index in [0.717, 1.165) is 19.6 Å². The van der Waals surface area contributed by atoms with E-state index in [9.17, 15) is 0 Å². The maximum atomic E-state index is 3.53. The zero-order chi connectivity index (χ0) is 13.0. The van der Waals surface area contributed by atoms with E-state index >= 15 is 0 Å². The van der Waals surface area contributed by atoms with E-state index in [1.54, 1.807) is 0 Å². The molecule has 1 aromatic rings. The van der Waals surface area contributed by atoms with Crippen LogP contribution in [-0.2, 0) is 0 Å². The van der Waals surface area contributed by atoms with Gasteiger partial charge in [-0.15, -0.1) is 0 Å². The summed E-state index contributed by atoms with van der Waals surface area (Å²) in [6.07, 6.45) is 1.19. The summed E-state index contributed by atoms with van der Waals surface area (Å²) in [5.41, 5.74) is 1.47. The minimum absolute atomic E-state index is 0.570. The van der Waals surface area contributed by atoms with Gasteiger partial charge in [-0.2, -0.15) is 0 Å². The first-order chi connectivity index (χ1) is 8.74. The Morgan fingerprint density at radius 2 is 2.00 bits per heavy atom. The average Bonchev–Trinajstić information content (AvgIpc) is 2.41. The Hall–Kier alpha value is -0.860. The summed E-state index contributed by atoms with van der Waals surface area (Å²) in [5.74, 6) is 0.704. The molecule has 1 aromatic carbocycles. The first kappa shape index (κ1) is 13.6. The molecule has 0 amide bonds. The van der Waals surface area contributed by atoms with Crippen LogP contribution >= 0.6 is 0 Å². The van der Waals surface area contributed by atoms with Crippen molar-refractivity contribution in [1.82, 2.24) is 10.2 Å². The second kappa shape index (κ2) is 6.35. The van der Waals surface area contributed by atoms with Crippen LogP contribution in [0.25, 0.3) is 0 Å². The number of nitrogens with one attached hydrogen (secondary N) is 1. The lowest BCUT2D eigenvalue weighted by Crippen LogP contribution is -2.54. The van der Waals surface area contributed by atoms with Gasteiger partial charge in [0.05, 0.1) is 0 Å². The van der Waals surface area contributed by atoms with E-state index in [0.29, 0.717) is 18.0 Å². The van der Waals surface area contributed by atoms with Gasteiger partial charge >= 0.3 is 0 Å². The SMILES string of the molecule is CCC(c1ccccc1)N1CCNCC1C(C)C. The van der Waals surface area contributed by atoms with E-state index < -0.39 is 0 Å². The lowest BCUT2D eigenvalue weighted by atomic mass is 9.94. The summed E-state index contributed by atoms with van der Waals surface area (Å²) in [4.78, 5) is 2.70. The number of nitrogens with zero attached hydrogens (tertiary/aromatic N) is 1. The van der Waals surface area contributed by atoms with Crippen molar-refractivity contribution in [2.45, 2.75) is 39.3 Å². The summed E-state index contributed by atoms with van der Waals surface area (Å²) in [7, 11) is 0. The standard InChI is InChI=1S/C16H26N2/c1-4-15(14-8-6-5-7-9-14)18-11-10-17-12-16(18)13(2)3/h5-9,13,15-17H,4,10-12H2,1-3H3. The van der Waals surface area contributed by atoms with Crippen LogP contribution in [0.2, 0.25) is 0 Å². The van der Waals surface area contributed by atoms with Crippen LogP contribution in [0.4, 0.5) is 0 Å². The van der Waals surface area contributed by atoms with Crippen LogP contribution in [0.15, 0.2) is 30.3 Å². The zero-order valence-electron chi connectivity index (χ0n) is 11.9. The third-order valence-electron chi connectivity index (χ3n) is 4.07. The van der Waals surface area contributed by atoms with Crippen LogP contribution < -0.4 is 5.32 Å². The van der Waals surface area contributed by atoms with Crippen LogP contribution in [-0.4, -0.2) is 30.6 Å². The Balaban J connectivity index is 2.20. The number of benzene rings is 1. The molecule has 0 bridgehead atoms. The molecule has 1 fully saturated rings. The predicted octanol–water partition coefficient (Wildman–Crippen LogP) is 3.07. The fourth-order valence-electron chi connectivity index (χ4n) is 3.08. The van der Waals surface area contributed by atoms with E-state index in [1.807, 2.05) is 0 Å². The van der Waals surface area contributed by atoms with Gasteiger partial charge in [-0.25, -0.2) is 0 Å².